The second-order valence-corrected chi connectivity index (χ2v) is 6.21. The molecule has 0 saturated heterocycles. The first-order chi connectivity index (χ1) is 12.6. The molecule has 0 spiro atoms. The zero-order valence-corrected chi connectivity index (χ0v) is 15.3. The molecule has 132 valence electrons. The van der Waals surface area contributed by atoms with Gasteiger partial charge in [-0.2, -0.15) is 0 Å². The first kappa shape index (κ1) is 17.9. The molecule has 0 aliphatic carbocycles. The second kappa shape index (κ2) is 7.97. The molecular formula is C20H19ClN4O. The topological polar surface area (TPSA) is 66.9 Å². The summed E-state index contributed by atoms with van der Waals surface area (Å²) in [5.74, 6) is 0.0480. The van der Waals surface area contributed by atoms with E-state index in [-0.39, 0.29) is 11.6 Å². The Labute approximate surface area is 157 Å². The van der Waals surface area contributed by atoms with Crippen LogP contribution in [0.1, 0.15) is 28.5 Å². The Kier molecular flexibility index (Phi) is 5.49. The average molecular weight is 367 g/mol. The summed E-state index contributed by atoms with van der Waals surface area (Å²) in [4.78, 5) is 21.0. The summed E-state index contributed by atoms with van der Waals surface area (Å²) in [6, 6.07) is 15.0. The number of aryl methyl sites for hydroxylation is 1. The van der Waals surface area contributed by atoms with E-state index in [4.69, 9.17) is 11.6 Å². The van der Waals surface area contributed by atoms with Crippen molar-refractivity contribution in [3.05, 3.63) is 76.6 Å². The standard InChI is InChI=1S/C20H19ClN4O/c1-3-14-7-9-15(10-8-14)23-20-22-12-11-18(25-20)19(26)24-17-6-4-5-16(21)13(17)2/h4-12H,3H2,1-2H3,(H,24,26)(H,22,23,25). The van der Waals surface area contributed by atoms with Gasteiger partial charge in [-0.05, 0) is 54.8 Å². The monoisotopic (exact) mass is 366 g/mol. The largest absolute Gasteiger partial charge is 0.324 e. The number of amides is 1. The van der Waals surface area contributed by atoms with Gasteiger partial charge in [0.1, 0.15) is 5.69 Å². The molecule has 1 aromatic heterocycles. The first-order valence-electron chi connectivity index (χ1n) is 8.32. The highest BCUT2D eigenvalue weighted by molar-refractivity contribution is 6.31. The predicted molar refractivity (Wildman–Crippen MR) is 105 cm³/mol. The number of benzene rings is 2. The molecule has 3 aromatic rings. The van der Waals surface area contributed by atoms with Gasteiger partial charge in [0, 0.05) is 22.6 Å². The summed E-state index contributed by atoms with van der Waals surface area (Å²) >= 11 is 6.09. The Morgan fingerprint density at radius 1 is 1.12 bits per heavy atom. The van der Waals surface area contributed by atoms with E-state index in [1.807, 2.05) is 31.2 Å². The third-order valence-electron chi connectivity index (χ3n) is 4.02. The minimum absolute atomic E-state index is 0.270. The Balaban J connectivity index is 1.75. The van der Waals surface area contributed by atoms with Crippen LogP contribution in [0.15, 0.2) is 54.7 Å². The Morgan fingerprint density at radius 3 is 2.62 bits per heavy atom. The van der Waals surface area contributed by atoms with Crippen molar-refractivity contribution in [2.24, 2.45) is 0 Å². The minimum atomic E-state index is -0.317. The van der Waals surface area contributed by atoms with Gasteiger partial charge in [0.2, 0.25) is 5.95 Å². The van der Waals surface area contributed by atoms with E-state index in [2.05, 4.69) is 27.5 Å². The second-order valence-electron chi connectivity index (χ2n) is 5.81. The lowest BCUT2D eigenvalue weighted by atomic mass is 10.1. The van der Waals surface area contributed by atoms with Crippen molar-refractivity contribution in [1.29, 1.82) is 0 Å². The van der Waals surface area contributed by atoms with Crippen molar-refractivity contribution in [3.63, 3.8) is 0 Å². The van der Waals surface area contributed by atoms with Crippen LogP contribution in [-0.2, 0) is 6.42 Å². The van der Waals surface area contributed by atoms with Gasteiger partial charge >= 0.3 is 0 Å². The Hall–Kier alpha value is -2.92. The van der Waals surface area contributed by atoms with Crippen molar-refractivity contribution in [3.8, 4) is 0 Å². The smallest absolute Gasteiger partial charge is 0.274 e. The number of carbonyl (C=O) groups excluding carboxylic acids is 1. The van der Waals surface area contributed by atoms with E-state index in [0.717, 1.165) is 17.7 Å². The molecule has 0 atom stereocenters. The van der Waals surface area contributed by atoms with Crippen LogP contribution in [0.3, 0.4) is 0 Å². The normalized spacial score (nSPS) is 10.4. The van der Waals surface area contributed by atoms with Crippen molar-refractivity contribution in [1.82, 2.24) is 9.97 Å². The van der Waals surface area contributed by atoms with E-state index in [1.54, 1.807) is 30.5 Å². The molecule has 1 amide bonds. The van der Waals surface area contributed by atoms with Crippen LogP contribution in [-0.4, -0.2) is 15.9 Å². The molecular weight excluding hydrogens is 348 g/mol. The third-order valence-corrected chi connectivity index (χ3v) is 4.43. The van der Waals surface area contributed by atoms with Crippen LogP contribution in [0.4, 0.5) is 17.3 Å². The summed E-state index contributed by atoms with van der Waals surface area (Å²) in [5.41, 5.74) is 3.86. The van der Waals surface area contributed by atoms with Crippen LogP contribution in [0.2, 0.25) is 5.02 Å². The zero-order chi connectivity index (χ0) is 18.5. The highest BCUT2D eigenvalue weighted by Gasteiger charge is 2.11. The number of rotatable bonds is 5. The minimum Gasteiger partial charge on any atom is -0.324 e. The Bertz CT molecular complexity index is 925. The summed E-state index contributed by atoms with van der Waals surface area (Å²) in [6.07, 6.45) is 2.53. The van der Waals surface area contributed by atoms with Gasteiger partial charge in [-0.15, -0.1) is 0 Å². The summed E-state index contributed by atoms with van der Waals surface area (Å²) in [5, 5.41) is 6.54. The van der Waals surface area contributed by atoms with Crippen LogP contribution >= 0.6 is 11.6 Å². The van der Waals surface area contributed by atoms with Gasteiger partial charge in [-0.1, -0.05) is 36.7 Å². The number of carbonyl (C=O) groups is 1. The maximum atomic E-state index is 12.5. The third kappa shape index (κ3) is 4.18. The van der Waals surface area contributed by atoms with Crippen molar-refractivity contribution < 1.29 is 4.79 Å². The number of halogens is 1. The fourth-order valence-electron chi connectivity index (χ4n) is 2.43. The number of aromatic nitrogens is 2. The van der Waals surface area contributed by atoms with Crippen LogP contribution in [0, 0.1) is 6.92 Å². The number of nitrogens with one attached hydrogen (secondary N) is 2. The van der Waals surface area contributed by atoms with E-state index >= 15 is 0 Å². The average Bonchev–Trinajstić information content (AvgIpc) is 2.66. The van der Waals surface area contributed by atoms with Gasteiger partial charge in [-0.25, -0.2) is 9.97 Å². The molecule has 6 heteroatoms. The maximum absolute atomic E-state index is 12.5. The fraction of sp³-hybridized carbons (Fsp3) is 0.150. The van der Waals surface area contributed by atoms with Gasteiger partial charge in [-0.3, -0.25) is 4.79 Å². The molecule has 26 heavy (non-hydrogen) atoms. The van der Waals surface area contributed by atoms with Crippen LogP contribution in [0.25, 0.3) is 0 Å². The summed E-state index contributed by atoms with van der Waals surface area (Å²) < 4.78 is 0. The number of hydrogen-bond acceptors (Lipinski definition) is 4. The number of anilines is 3. The van der Waals surface area contributed by atoms with E-state index in [9.17, 15) is 4.79 Å². The van der Waals surface area contributed by atoms with E-state index < -0.39 is 0 Å². The van der Waals surface area contributed by atoms with Crippen LogP contribution < -0.4 is 10.6 Å². The molecule has 2 N–H and O–H groups in total. The lowest BCUT2D eigenvalue weighted by Gasteiger charge is -2.10. The lowest BCUT2D eigenvalue weighted by Crippen LogP contribution is -2.15. The molecule has 0 aliphatic rings. The van der Waals surface area contributed by atoms with E-state index in [1.165, 1.54) is 5.56 Å². The van der Waals surface area contributed by atoms with Crippen molar-refractivity contribution >= 4 is 34.8 Å². The Morgan fingerprint density at radius 2 is 1.88 bits per heavy atom. The number of hydrogen-bond donors (Lipinski definition) is 2. The lowest BCUT2D eigenvalue weighted by molar-refractivity contribution is 0.102. The molecule has 0 fully saturated rings. The molecule has 0 bridgehead atoms. The first-order valence-corrected chi connectivity index (χ1v) is 8.70. The van der Waals surface area contributed by atoms with Crippen molar-refractivity contribution in [2.45, 2.75) is 20.3 Å². The zero-order valence-electron chi connectivity index (χ0n) is 14.6. The van der Waals surface area contributed by atoms with E-state index in [0.29, 0.717) is 16.7 Å². The molecule has 0 radical (unpaired) electrons. The van der Waals surface area contributed by atoms with Gasteiger partial charge < -0.3 is 10.6 Å². The molecule has 5 nitrogen and oxygen atoms in total. The quantitative estimate of drug-likeness (QED) is 0.667. The predicted octanol–water partition coefficient (Wildman–Crippen LogP) is 5.00. The van der Waals surface area contributed by atoms with Gasteiger partial charge in [0.15, 0.2) is 0 Å². The highest BCUT2D eigenvalue weighted by atomic mass is 35.5. The van der Waals surface area contributed by atoms with Gasteiger partial charge in [0.25, 0.3) is 5.91 Å². The summed E-state index contributed by atoms with van der Waals surface area (Å²) in [6.45, 7) is 3.96. The number of nitrogens with zero attached hydrogens (tertiary/aromatic N) is 2. The molecule has 1 heterocycles. The molecule has 0 saturated carbocycles. The van der Waals surface area contributed by atoms with Crippen molar-refractivity contribution in [2.75, 3.05) is 10.6 Å². The highest BCUT2D eigenvalue weighted by Crippen LogP contribution is 2.23. The molecule has 0 aliphatic heterocycles. The molecule has 3 rings (SSSR count). The molecule has 0 unspecified atom stereocenters. The fourth-order valence-corrected chi connectivity index (χ4v) is 2.60. The SMILES string of the molecule is CCc1ccc(Nc2nccc(C(=O)Nc3cccc(Cl)c3C)n2)cc1. The van der Waals surface area contributed by atoms with Crippen LogP contribution in [0.5, 0.6) is 0 Å². The maximum Gasteiger partial charge on any atom is 0.274 e. The molecule has 2 aromatic carbocycles. The van der Waals surface area contributed by atoms with Gasteiger partial charge in [0.05, 0.1) is 0 Å². The summed E-state index contributed by atoms with van der Waals surface area (Å²) in [7, 11) is 0.